The molecule has 5 nitrogen and oxygen atoms in total. The molecule has 1 saturated heterocycles. The number of benzene rings is 1. The molecular formula is C18H23N3O2. The van der Waals surface area contributed by atoms with Crippen molar-refractivity contribution in [2.24, 2.45) is 5.92 Å². The lowest BCUT2D eigenvalue weighted by Crippen LogP contribution is -2.36. The summed E-state index contributed by atoms with van der Waals surface area (Å²) in [5, 5.41) is 0. The largest absolute Gasteiger partial charge is 0.454 e. The van der Waals surface area contributed by atoms with E-state index in [9.17, 15) is 0 Å². The Balaban J connectivity index is 1.23. The molecule has 0 N–H and O–H groups in total. The predicted molar refractivity (Wildman–Crippen MR) is 87.7 cm³/mol. The predicted octanol–water partition coefficient (Wildman–Crippen LogP) is 2.57. The number of rotatable bonds is 5. The van der Waals surface area contributed by atoms with Crippen molar-refractivity contribution < 1.29 is 9.47 Å². The van der Waals surface area contributed by atoms with E-state index in [-0.39, 0.29) is 0 Å². The highest BCUT2D eigenvalue weighted by Gasteiger charge is 2.19. The van der Waals surface area contributed by atoms with E-state index >= 15 is 0 Å². The maximum absolute atomic E-state index is 5.45. The molecule has 0 amide bonds. The molecule has 0 aliphatic carbocycles. The molecule has 2 aliphatic heterocycles. The summed E-state index contributed by atoms with van der Waals surface area (Å²) in [6, 6.07) is 6.29. The maximum Gasteiger partial charge on any atom is 0.231 e. The van der Waals surface area contributed by atoms with Gasteiger partial charge in [-0.2, -0.15) is 0 Å². The normalized spacial score (nSPS) is 18.4. The summed E-state index contributed by atoms with van der Waals surface area (Å²) >= 11 is 0. The van der Waals surface area contributed by atoms with Gasteiger partial charge >= 0.3 is 0 Å². The fourth-order valence-electron chi connectivity index (χ4n) is 3.47. The quantitative estimate of drug-likeness (QED) is 0.850. The molecule has 4 rings (SSSR count). The zero-order chi connectivity index (χ0) is 15.5. The van der Waals surface area contributed by atoms with Crippen LogP contribution >= 0.6 is 0 Å². The highest BCUT2D eigenvalue weighted by molar-refractivity contribution is 5.44. The summed E-state index contributed by atoms with van der Waals surface area (Å²) in [5.74, 6) is 2.54. The monoisotopic (exact) mass is 313 g/mol. The molecule has 0 atom stereocenters. The molecule has 0 radical (unpaired) electrons. The van der Waals surface area contributed by atoms with Crippen molar-refractivity contribution in [3.63, 3.8) is 0 Å². The third-order valence-electron chi connectivity index (χ3n) is 4.89. The van der Waals surface area contributed by atoms with Crippen LogP contribution in [0.25, 0.3) is 0 Å². The Kier molecular flexibility index (Phi) is 4.20. The van der Waals surface area contributed by atoms with Crippen LogP contribution in [0.4, 0.5) is 0 Å². The summed E-state index contributed by atoms with van der Waals surface area (Å²) in [5.41, 5.74) is 1.33. The summed E-state index contributed by atoms with van der Waals surface area (Å²) in [6.07, 6.45) is 9.47. The van der Waals surface area contributed by atoms with Gasteiger partial charge in [0.15, 0.2) is 11.5 Å². The first-order valence-electron chi connectivity index (χ1n) is 8.43. The second-order valence-electron chi connectivity index (χ2n) is 6.48. The number of imidazole rings is 1. The average Bonchev–Trinajstić information content (AvgIpc) is 3.25. The van der Waals surface area contributed by atoms with Gasteiger partial charge in [-0.15, -0.1) is 0 Å². The number of aromatic nitrogens is 2. The van der Waals surface area contributed by atoms with Gasteiger partial charge in [-0.05, 0) is 56.0 Å². The first kappa shape index (κ1) is 14.6. The van der Waals surface area contributed by atoms with Crippen molar-refractivity contribution >= 4 is 0 Å². The second kappa shape index (κ2) is 6.62. The average molecular weight is 313 g/mol. The molecule has 23 heavy (non-hydrogen) atoms. The zero-order valence-corrected chi connectivity index (χ0v) is 13.4. The van der Waals surface area contributed by atoms with Gasteiger partial charge in [0.05, 0.1) is 6.33 Å². The third-order valence-corrected chi connectivity index (χ3v) is 4.89. The number of ether oxygens (including phenoxy) is 2. The van der Waals surface area contributed by atoms with Crippen molar-refractivity contribution in [1.29, 1.82) is 0 Å². The Morgan fingerprint density at radius 3 is 2.83 bits per heavy atom. The van der Waals surface area contributed by atoms with Gasteiger partial charge in [0.25, 0.3) is 0 Å². The van der Waals surface area contributed by atoms with E-state index in [0.29, 0.717) is 6.79 Å². The second-order valence-corrected chi connectivity index (χ2v) is 6.48. The van der Waals surface area contributed by atoms with E-state index in [2.05, 4.69) is 32.8 Å². The van der Waals surface area contributed by atoms with Crippen molar-refractivity contribution in [3.05, 3.63) is 42.5 Å². The van der Waals surface area contributed by atoms with E-state index in [1.165, 1.54) is 31.5 Å². The first-order chi connectivity index (χ1) is 11.4. The van der Waals surface area contributed by atoms with Gasteiger partial charge in [0.2, 0.25) is 6.79 Å². The van der Waals surface area contributed by atoms with Gasteiger partial charge in [-0.25, -0.2) is 4.98 Å². The van der Waals surface area contributed by atoms with E-state index in [4.69, 9.17) is 9.47 Å². The molecule has 0 unspecified atom stereocenters. The molecule has 3 heterocycles. The highest BCUT2D eigenvalue weighted by Crippen LogP contribution is 2.32. The Bertz CT molecular complexity index is 634. The minimum absolute atomic E-state index is 0.350. The zero-order valence-electron chi connectivity index (χ0n) is 13.4. The third kappa shape index (κ3) is 3.50. The summed E-state index contributed by atoms with van der Waals surface area (Å²) in [4.78, 5) is 6.70. The van der Waals surface area contributed by atoms with Crippen molar-refractivity contribution in [3.8, 4) is 11.5 Å². The van der Waals surface area contributed by atoms with Gasteiger partial charge in [0, 0.05) is 25.5 Å². The lowest BCUT2D eigenvalue weighted by Gasteiger charge is -2.32. The Labute approximate surface area is 136 Å². The van der Waals surface area contributed by atoms with E-state index in [1.807, 2.05) is 18.6 Å². The highest BCUT2D eigenvalue weighted by atomic mass is 16.7. The SMILES string of the molecule is c1cn(CC2CCN(CCc3ccc4c(c3)OCO4)CC2)cn1. The lowest BCUT2D eigenvalue weighted by atomic mass is 9.96. The van der Waals surface area contributed by atoms with Crippen LogP contribution in [0.1, 0.15) is 18.4 Å². The van der Waals surface area contributed by atoms with Crippen LogP contribution in [0.3, 0.4) is 0 Å². The topological polar surface area (TPSA) is 39.5 Å². The molecule has 2 aliphatic rings. The molecule has 2 aromatic rings. The van der Waals surface area contributed by atoms with Gasteiger partial charge in [-0.1, -0.05) is 6.07 Å². The Morgan fingerprint density at radius 2 is 2.00 bits per heavy atom. The van der Waals surface area contributed by atoms with Gasteiger partial charge in [-0.3, -0.25) is 0 Å². The van der Waals surface area contributed by atoms with Crippen LogP contribution in [0.2, 0.25) is 0 Å². The summed E-state index contributed by atoms with van der Waals surface area (Å²) in [7, 11) is 0. The number of fused-ring (bicyclic) bond motifs is 1. The molecule has 0 saturated carbocycles. The van der Waals surface area contributed by atoms with Crippen LogP contribution in [-0.2, 0) is 13.0 Å². The van der Waals surface area contributed by atoms with Crippen LogP contribution in [0.15, 0.2) is 36.9 Å². The summed E-state index contributed by atoms with van der Waals surface area (Å²) < 4.78 is 13.0. The molecule has 0 spiro atoms. The molecule has 5 heteroatoms. The molecule has 1 aromatic heterocycles. The Morgan fingerprint density at radius 1 is 1.13 bits per heavy atom. The number of hydrogen-bond acceptors (Lipinski definition) is 4. The standard InChI is InChI=1S/C18H23N3O2/c1-2-17-18(23-14-22-17)11-15(1)3-7-20-8-4-16(5-9-20)12-21-10-6-19-13-21/h1-2,6,10-11,13,16H,3-5,7-9,12,14H2. The fourth-order valence-corrected chi connectivity index (χ4v) is 3.47. The lowest BCUT2D eigenvalue weighted by molar-refractivity contribution is 0.173. The van der Waals surface area contributed by atoms with E-state index in [1.54, 1.807) is 0 Å². The molecule has 122 valence electrons. The van der Waals surface area contributed by atoms with Crippen LogP contribution in [0, 0.1) is 5.92 Å². The number of likely N-dealkylation sites (tertiary alicyclic amines) is 1. The van der Waals surface area contributed by atoms with Crippen molar-refractivity contribution in [1.82, 2.24) is 14.5 Å². The van der Waals surface area contributed by atoms with E-state index in [0.717, 1.165) is 36.9 Å². The van der Waals surface area contributed by atoms with Gasteiger partial charge in [0.1, 0.15) is 0 Å². The molecule has 1 aromatic carbocycles. The van der Waals surface area contributed by atoms with Gasteiger partial charge < -0.3 is 18.9 Å². The molecular weight excluding hydrogens is 290 g/mol. The maximum atomic E-state index is 5.45. The minimum atomic E-state index is 0.350. The minimum Gasteiger partial charge on any atom is -0.454 e. The summed E-state index contributed by atoms with van der Waals surface area (Å²) in [6.45, 7) is 4.98. The molecule has 1 fully saturated rings. The number of hydrogen-bond donors (Lipinski definition) is 0. The fraction of sp³-hybridized carbons (Fsp3) is 0.500. The Hall–Kier alpha value is -2.01. The van der Waals surface area contributed by atoms with Crippen LogP contribution < -0.4 is 9.47 Å². The van der Waals surface area contributed by atoms with Crippen LogP contribution in [0.5, 0.6) is 11.5 Å². The van der Waals surface area contributed by atoms with Crippen LogP contribution in [-0.4, -0.2) is 40.9 Å². The van der Waals surface area contributed by atoms with Crippen molar-refractivity contribution in [2.45, 2.75) is 25.8 Å². The first-order valence-corrected chi connectivity index (χ1v) is 8.43. The van der Waals surface area contributed by atoms with E-state index < -0.39 is 0 Å². The number of piperidine rings is 1. The van der Waals surface area contributed by atoms with Crippen molar-refractivity contribution in [2.75, 3.05) is 26.4 Å². The number of nitrogens with zero attached hydrogens (tertiary/aromatic N) is 3. The smallest absolute Gasteiger partial charge is 0.231 e. The molecule has 0 bridgehead atoms.